The molecule has 6 aliphatic heterocycles. The summed E-state index contributed by atoms with van der Waals surface area (Å²) in [6, 6.07) is 37.9. The SMILES string of the molecule is CCCO[C@H]1CN(CCc2ccccc2)C[C@@]2(C)N(C(=O)[C@@H](NC(=O)[C@H](C)CC)C(C)C)CC[C@@]2(C)C1.CC[C@@H](C)C(=O)NC(C(=O)N1CCC[C@H]1CN(CCCCN(C[C@@H]1CCCN1C(=O)[C@@H](NC(=O)[C@H](C)NC)C1CCCCC1)C1CCc2ccccc21)C1CCc2ccccc21)C1CCCCC1.CN[C@@H](C)C(=O)C[C@H](C(=O)N1CC[C@@]2(C)C[C@@H](O)CN(CCc3ccccc3)C[C@@]12C)C(C)C. The Kier molecular flexibility index (Phi) is 41.1. The molecule has 7 amide bonds. The predicted octanol–water partition coefficient (Wildman–Crippen LogP) is 16.6. The molecule has 4 aromatic carbocycles. The number of hydrogen-bond acceptors (Lipinski definition) is 16. The largest absolute Gasteiger partial charge is 0.392 e. The van der Waals surface area contributed by atoms with Gasteiger partial charge < -0.3 is 56.0 Å². The summed E-state index contributed by atoms with van der Waals surface area (Å²) >= 11 is 0. The summed E-state index contributed by atoms with van der Waals surface area (Å²) in [5.74, 6) is 0.382. The van der Waals surface area contributed by atoms with Crippen LogP contribution in [0.5, 0.6) is 0 Å². The Morgan fingerprint density at radius 2 is 0.914 bits per heavy atom. The average molecular weight is 1920 g/mol. The molecular formula is C116H183N13O10. The number of likely N-dealkylation sites (tertiary alicyclic amines) is 6. The maximum absolute atomic E-state index is 14.8. The van der Waals surface area contributed by atoms with Gasteiger partial charge in [-0.15, -0.1) is 0 Å². The van der Waals surface area contributed by atoms with Gasteiger partial charge in [-0.1, -0.05) is 224 Å². The average Bonchev–Trinajstić information content (AvgIpc) is 1.57. The van der Waals surface area contributed by atoms with Crippen LogP contribution in [0, 0.1) is 52.3 Å². The van der Waals surface area contributed by atoms with Crippen LogP contribution in [0.1, 0.15) is 316 Å². The number of benzene rings is 4. The fraction of sp³-hybridized carbons (Fsp3) is 0.724. The van der Waals surface area contributed by atoms with Gasteiger partial charge >= 0.3 is 0 Å². The number of aliphatic hydroxyl groups excluding tert-OH is 1. The molecule has 772 valence electrons. The van der Waals surface area contributed by atoms with Gasteiger partial charge in [0.05, 0.1) is 35.4 Å². The topological polar surface area (TPSA) is 252 Å². The van der Waals surface area contributed by atoms with Gasteiger partial charge in [-0.05, 0) is 270 Å². The van der Waals surface area contributed by atoms with Crippen molar-refractivity contribution in [3.8, 4) is 0 Å². The number of ketones is 1. The minimum atomic E-state index is -0.506. The van der Waals surface area contributed by atoms with Gasteiger partial charge in [0.25, 0.3) is 0 Å². The third-order valence-electron chi connectivity index (χ3n) is 35.6. The monoisotopic (exact) mass is 1920 g/mol. The van der Waals surface area contributed by atoms with Crippen LogP contribution in [-0.4, -0.2) is 269 Å². The summed E-state index contributed by atoms with van der Waals surface area (Å²) in [5, 5.41) is 26.7. The smallest absolute Gasteiger partial charge is 0.245 e. The summed E-state index contributed by atoms with van der Waals surface area (Å²) in [4.78, 5) is 129. The molecule has 0 aromatic heterocycles. The summed E-state index contributed by atoms with van der Waals surface area (Å²) in [6.07, 6.45) is 29.3. The zero-order chi connectivity index (χ0) is 99.9. The third kappa shape index (κ3) is 27.6. The van der Waals surface area contributed by atoms with Crippen LogP contribution >= 0.6 is 0 Å². The number of aryl methyl sites for hydroxylation is 2. The third-order valence-corrected chi connectivity index (χ3v) is 35.6. The number of likely N-dealkylation sites (N-methyl/N-ethyl adjacent to an activating group) is 2. The molecular weight excluding hydrogens is 1740 g/mol. The van der Waals surface area contributed by atoms with Crippen LogP contribution in [0.4, 0.5) is 0 Å². The van der Waals surface area contributed by atoms with Crippen molar-refractivity contribution in [3.05, 3.63) is 143 Å². The highest BCUT2D eigenvalue weighted by atomic mass is 16.5. The first kappa shape index (κ1) is 110. The van der Waals surface area contributed by atoms with E-state index in [1.807, 2.05) is 68.4 Å². The first-order valence-electron chi connectivity index (χ1n) is 55.2. The Bertz CT molecular complexity index is 4430. The molecule has 2 saturated carbocycles. The van der Waals surface area contributed by atoms with Crippen molar-refractivity contribution in [3.63, 3.8) is 0 Å². The van der Waals surface area contributed by atoms with Gasteiger partial charge in [-0.25, -0.2) is 0 Å². The maximum Gasteiger partial charge on any atom is 0.245 e. The van der Waals surface area contributed by atoms with E-state index in [0.29, 0.717) is 31.6 Å². The first-order valence-corrected chi connectivity index (χ1v) is 55.2. The van der Waals surface area contributed by atoms with Gasteiger partial charge in [0.1, 0.15) is 23.9 Å². The molecule has 4 aliphatic carbocycles. The molecule has 0 bridgehead atoms. The lowest BCUT2D eigenvalue weighted by Gasteiger charge is -2.47. The quantitative estimate of drug-likeness (QED) is 0.0226. The van der Waals surface area contributed by atoms with Gasteiger partial charge in [0, 0.05) is 133 Å². The Morgan fingerprint density at radius 1 is 0.475 bits per heavy atom. The number of carbonyl (C=O) groups excluding carboxylic acids is 8. The van der Waals surface area contributed by atoms with Crippen LogP contribution in [0.3, 0.4) is 0 Å². The number of fused-ring (bicyclic) bond motifs is 4. The van der Waals surface area contributed by atoms with E-state index in [9.17, 15) is 43.5 Å². The van der Waals surface area contributed by atoms with E-state index in [0.717, 1.165) is 252 Å². The molecule has 0 spiro atoms. The van der Waals surface area contributed by atoms with Crippen LogP contribution < -0.4 is 26.6 Å². The first-order chi connectivity index (χ1) is 66.7. The van der Waals surface area contributed by atoms with E-state index in [2.05, 4.69) is 210 Å². The molecule has 0 radical (unpaired) electrons. The number of rotatable bonds is 41. The second-order valence-corrected chi connectivity index (χ2v) is 45.7. The highest BCUT2D eigenvalue weighted by Crippen LogP contribution is 2.54. The number of carbonyl (C=O) groups is 8. The Labute approximate surface area is 837 Å². The van der Waals surface area contributed by atoms with Crippen molar-refractivity contribution in [2.45, 2.75) is 374 Å². The summed E-state index contributed by atoms with van der Waals surface area (Å²) in [7, 11) is 3.58. The Morgan fingerprint density at radius 3 is 1.37 bits per heavy atom. The number of ether oxygens (including phenoxy) is 1. The van der Waals surface area contributed by atoms with E-state index in [1.165, 1.54) is 46.2 Å². The van der Waals surface area contributed by atoms with Crippen molar-refractivity contribution in [2.24, 2.45) is 52.3 Å². The van der Waals surface area contributed by atoms with E-state index in [1.54, 1.807) is 14.1 Å². The molecule has 18 atom stereocenters. The summed E-state index contributed by atoms with van der Waals surface area (Å²) < 4.78 is 6.38. The number of Topliss-reactive ketones (excluding diaryl/α,β-unsaturated/α-hetero) is 1. The molecule has 6 heterocycles. The molecule has 8 fully saturated rings. The maximum atomic E-state index is 14.8. The number of nitrogens with zero attached hydrogens (tertiary/aromatic N) is 8. The van der Waals surface area contributed by atoms with Crippen LogP contribution in [0.25, 0.3) is 0 Å². The summed E-state index contributed by atoms with van der Waals surface area (Å²) in [6.45, 7) is 43.3. The van der Waals surface area contributed by atoms with Crippen LogP contribution in [0.15, 0.2) is 109 Å². The van der Waals surface area contributed by atoms with Crippen molar-refractivity contribution in [1.29, 1.82) is 0 Å². The van der Waals surface area contributed by atoms with Crippen molar-refractivity contribution in [2.75, 3.05) is 112 Å². The highest BCUT2D eigenvalue weighted by molar-refractivity contribution is 5.92. The molecule has 14 rings (SSSR count). The minimum absolute atomic E-state index is 0.0192. The number of amides is 7. The Hall–Kier alpha value is -7.48. The lowest BCUT2D eigenvalue weighted by atomic mass is 9.69. The van der Waals surface area contributed by atoms with Gasteiger partial charge in [-0.2, -0.15) is 0 Å². The van der Waals surface area contributed by atoms with Crippen molar-refractivity contribution < 1.29 is 48.2 Å². The van der Waals surface area contributed by atoms with Crippen LogP contribution in [-0.2, 0) is 68.8 Å². The lowest BCUT2D eigenvalue weighted by molar-refractivity contribution is -0.146. The van der Waals surface area contributed by atoms with Crippen molar-refractivity contribution >= 4 is 47.1 Å². The fourth-order valence-electron chi connectivity index (χ4n) is 25.5. The second kappa shape index (κ2) is 51.8. The van der Waals surface area contributed by atoms with Gasteiger partial charge in [0.2, 0.25) is 41.4 Å². The zero-order valence-corrected chi connectivity index (χ0v) is 88.8. The van der Waals surface area contributed by atoms with E-state index >= 15 is 0 Å². The number of nitrogens with one attached hydrogen (secondary N) is 5. The highest BCUT2D eigenvalue weighted by Gasteiger charge is 2.61. The number of hydrogen-bond donors (Lipinski definition) is 6. The molecule has 3 unspecified atom stereocenters. The lowest BCUT2D eigenvalue weighted by Crippen LogP contribution is -2.62. The molecule has 23 nitrogen and oxygen atoms in total. The Balaban J connectivity index is 0.000000206. The minimum Gasteiger partial charge on any atom is -0.392 e. The predicted molar refractivity (Wildman–Crippen MR) is 559 cm³/mol. The second-order valence-electron chi connectivity index (χ2n) is 45.7. The molecule has 10 aliphatic rings. The number of β-amino-alcohol motifs (C(OH)–C–C–N with tert-alkyl or cyclic N) is 1. The molecule has 4 aromatic rings. The van der Waals surface area contributed by atoms with Gasteiger partial charge in [0.15, 0.2) is 0 Å². The van der Waals surface area contributed by atoms with E-state index < -0.39 is 24.2 Å². The fourth-order valence-corrected chi connectivity index (χ4v) is 25.5. The molecule has 6 N–H and O–H groups in total. The number of unbranched alkanes of at least 4 members (excludes halogenated alkanes) is 1. The molecule has 139 heavy (non-hydrogen) atoms. The normalized spacial score (nSPS) is 26.9. The number of aliphatic hydroxyl groups is 1. The van der Waals surface area contributed by atoms with Crippen LogP contribution in [0.2, 0.25) is 0 Å². The molecule has 23 heteroatoms. The van der Waals surface area contributed by atoms with Crippen molar-refractivity contribution in [1.82, 2.24) is 65.8 Å². The molecule has 6 saturated heterocycles. The standard InChI is InChI=1S/C57H87N7O4.C31H51N3O3.C28H45N3O3/c1-5-40(2)54(65)59-52(44-22-8-6-9-23-44)56(67)63-36-18-26-46(63)38-61(50-32-30-42-20-12-14-28-48(42)50)34-16-17-35-62(51-33-31-43-21-13-15-29-49(43)51)39-47-27-19-37-64(47)57(68)53(45-24-10-7-11-25-45)60-55(66)41(3)58-4;1-8-19-37-26-20-30(6)16-18-34(29(36)27(23(3)4)32-28(35)24(5)9-2)31(30,7)22-33(21-26)17-15-25-13-11-10-12-14-25;1-20(2)24(16-25(33)21(3)29-6)26(34)31-15-13-27(4)17-23(32)18-30(19-28(27,31)5)14-12-22-10-8-7-9-11-22/h12-15,20-21,28-29,40-41,44-47,50-53,58H,5-11,16-19,22-27,30-39H2,1-4H3,(H,59,65)(H,60,66);10-14,23-24,26-27H,8-9,15-22H2,1-7H3,(H,32,35);7-11,20-21,23-24,29,32H,12-19H2,1-6H3/t40-,41+,46+,47+,50?,51?,52?,53+;24-,26-,27+,30+,31-;21-,23+,24-,27-,28+/m110/s1. The van der Waals surface area contributed by atoms with E-state index in [-0.39, 0.29) is 147 Å². The van der Waals surface area contributed by atoms with E-state index in [4.69, 9.17) is 4.74 Å². The summed E-state index contributed by atoms with van der Waals surface area (Å²) in [5.41, 5.74) is 7.48. The zero-order valence-electron chi connectivity index (χ0n) is 88.8. The van der Waals surface area contributed by atoms with Gasteiger partial charge in [-0.3, -0.25) is 58.0 Å².